The molecule has 18 heavy (non-hydrogen) atoms. The summed E-state index contributed by atoms with van der Waals surface area (Å²) >= 11 is 0. The Morgan fingerprint density at radius 1 is 1.06 bits per heavy atom. The van der Waals surface area contributed by atoms with Crippen molar-refractivity contribution in [2.45, 2.75) is 45.1 Å². The van der Waals surface area contributed by atoms with E-state index < -0.39 is 0 Å². The minimum Gasteiger partial charge on any atom is -0.317 e. The maximum atomic E-state index is 4.35. The summed E-state index contributed by atoms with van der Waals surface area (Å²) in [5, 5.41) is 12.0. The normalized spacial score (nSPS) is 28.3. The van der Waals surface area contributed by atoms with Crippen LogP contribution in [0.5, 0.6) is 0 Å². The molecule has 3 aliphatic rings. The van der Waals surface area contributed by atoms with Gasteiger partial charge in [0, 0.05) is 29.8 Å². The molecule has 0 bridgehead atoms. The lowest BCUT2D eigenvalue weighted by atomic mass is 9.88. The second-order valence-electron chi connectivity index (χ2n) is 5.89. The van der Waals surface area contributed by atoms with Crippen molar-refractivity contribution in [1.29, 1.82) is 0 Å². The standard InChI is InChI=1S/C14H24N4/c1-11-10-14(17-16-11)12-4-8-18(9-5-12)13-2-6-15-7-3-13/h12-13,15H,2-10H2,1H3. The van der Waals surface area contributed by atoms with Crippen molar-refractivity contribution in [3.8, 4) is 0 Å². The van der Waals surface area contributed by atoms with Gasteiger partial charge in [-0.05, 0) is 58.8 Å². The van der Waals surface area contributed by atoms with Crippen molar-refractivity contribution >= 4 is 11.4 Å². The second-order valence-corrected chi connectivity index (χ2v) is 5.89. The van der Waals surface area contributed by atoms with E-state index in [0.29, 0.717) is 5.92 Å². The average molecular weight is 248 g/mol. The van der Waals surface area contributed by atoms with Crippen LogP contribution in [0.15, 0.2) is 10.2 Å². The molecular weight excluding hydrogens is 224 g/mol. The first kappa shape index (κ1) is 12.3. The largest absolute Gasteiger partial charge is 0.317 e. The highest BCUT2D eigenvalue weighted by molar-refractivity contribution is 6.07. The molecule has 0 amide bonds. The summed E-state index contributed by atoms with van der Waals surface area (Å²) in [6.45, 7) is 7.00. The first-order valence-corrected chi connectivity index (χ1v) is 7.37. The van der Waals surface area contributed by atoms with Crippen LogP contribution >= 0.6 is 0 Å². The molecule has 0 spiro atoms. The molecule has 3 aliphatic heterocycles. The lowest BCUT2D eigenvalue weighted by molar-refractivity contribution is 0.125. The van der Waals surface area contributed by atoms with E-state index in [1.807, 2.05) is 0 Å². The van der Waals surface area contributed by atoms with Gasteiger partial charge in [-0.3, -0.25) is 0 Å². The van der Waals surface area contributed by atoms with E-state index in [1.54, 1.807) is 0 Å². The topological polar surface area (TPSA) is 40.0 Å². The minimum atomic E-state index is 0.698. The van der Waals surface area contributed by atoms with Gasteiger partial charge in [-0.1, -0.05) is 0 Å². The van der Waals surface area contributed by atoms with Crippen LogP contribution in [0.3, 0.4) is 0 Å². The predicted octanol–water partition coefficient (Wildman–Crippen LogP) is 1.67. The summed E-state index contributed by atoms with van der Waals surface area (Å²) in [6.07, 6.45) is 6.25. The van der Waals surface area contributed by atoms with E-state index in [1.165, 1.54) is 63.3 Å². The SMILES string of the molecule is CC1=NN=C(C2CCN(C3CCNCC3)CC2)C1. The van der Waals surface area contributed by atoms with Gasteiger partial charge in [0.05, 0.1) is 0 Å². The lowest BCUT2D eigenvalue weighted by Gasteiger charge is -2.39. The minimum absolute atomic E-state index is 0.698. The van der Waals surface area contributed by atoms with Gasteiger partial charge in [-0.2, -0.15) is 10.2 Å². The van der Waals surface area contributed by atoms with Gasteiger partial charge in [0.2, 0.25) is 0 Å². The molecule has 4 nitrogen and oxygen atoms in total. The quantitative estimate of drug-likeness (QED) is 0.807. The fourth-order valence-electron chi connectivity index (χ4n) is 3.48. The van der Waals surface area contributed by atoms with Crippen molar-refractivity contribution in [1.82, 2.24) is 10.2 Å². The van der Waals surface area contributed by atoms with Crippen LogP contribution in [0.2, 0.25) is 0 Å². The highest BCUT2D eigenvalue weighted by Crippen LogP contribution is 2.25. The zero-order chi connectivity index (χ0) is 12.4. The number of nitrogens with one attached hydrogen (secondary N) is 1. The first-order valence-electron chi connectivity index (χ1n) is 7.37. The maximum Gasteiger partial charge on any atom is 0.0494 e. The highest BCUT2D eigenvalue weighted by Gasteiger charge is 2.29. The van der Waals surface area contributed by atoms with Crippen LogP contribution < -0.4 is 5.32 Å². The fraction of sp³-hybridized carbons (Fsp3) is 0.857. The molecule has 0 atom stereocenters. The Kier molecular flexibility index (Phi) is 3.75. The Morgan fingerprint density at radius 2 is 1.78 bits per heavy atom. The molecule has 1 N–H and O–H groups in total. The smallest absolute Gasteiger partial charge is 0.0494 e. The summed E-state index contributed by atoms with van der Waals surface area (Å²) in [4.78, 5) is 2.71. The summed E-state index contributed by atoms with van der Waals surface area (Å²) in [7, 11) is 0. The van der Waals surface area contributed by atoms with Crippen molar-refractivity contribution in [2.24, 2.45) is 16.1 Å². The van der Waals surface area contributed by atoms with Crippen LogP contribution in [0.4, 0.5) is 0 Å². The number of rotatable bonds is 2. The van der Waals surface area contributed by atoms with Gasteiger partial charge in [-0.15, -0.1) is 0 Å². The van der Waals surface area contributed by atoms with E-state index in [9.17, 15) is 0 Å². The molecule has 4 heteroatoms. The summed E-state index contributed by atoms with van der Waals surface area (Å²) in [6, 6.07) is 0.829. The molecule has 0 saturated carbocycles. The van der Waals surface area contributed by atoms with E-state index in [4.69, 9.17) is 0 Å². The van der Waals surface area contributed by atoms with Gasteiger partial charge in [0.25, 0.3) is 0 Å². The summed E-state index contributed by atoms with van der Waals surface area (Å²) in [5.74, 6) is 0.698. The van der Waals surface area contributed by atoms with E-state index in [0.717, 1.165) is 12.5 Å². The molecule has 3 rings (SSSR count). The van der Waals surface area contributed by atoms with Gasteiger partial charge >= 0.3 is 0 Å². The molecule has 2 saturated heterocycles. The van der Waals surface area contributed by atoms with Crippen LogP contribution in [-0.2, 0) is 0 Å². The third kappa shape index (κ3) is 2.64. The van der Waals surface area contributed by atoms with Crippen LogP contribution in [0.1, 0.15) is 39.0 Å². The van der Waals surface area contributed by atoms with E-state index >= 15 is 0 Å². The van der Waals surface area contributed by atoms with E-state index in [2.05, 4.69) is 27.3 Å². The van der Waals surface area contributed by atoms with Gasteiger partial charge in [-0.25, -0.2) is 0 Å². The molecule has 0 aromatic carbocycles. The van der Waals surface area contributed by atoms with Crippen LogP contribution in [0.25, 0.3) is 0 Å². The van der Waals surface area contributed by atoms with E-state index in [-0.39, 0.29) is 0 Å². The van der Waals surface area contributed by atoms with Gasteiger partial charge in [0.15, 0.2) is 0 Å². The fourth-order valence-corrected chi connectivity index (χ4v) is 3.48. The molecule has 3 heterocycles. The zero-order valence-corrected chi connectivity index (χ0v) is 11.4. The third-order valence-corrected chi connectivity index (χ3v) is 4.61. The molecule has 0 aromatic heterocycles. The number of piperidine rings is 2. The second kappa shape index (κ2) is 5.49. The Labute approximate surface area is 110 Å². The molecule has 0 aliphatic carbocycles. The van der Waals surface area contributed by atoms with Crippen molar-refractivity contribution < 1.29 is 0 Å². The molecule has 0 aromatic rings. The predicted molar refractivity (Wildman–Crippen MR) is 75.3 cm³/mol. The zero-order valence-electron chi connectivity index (χ0n) is 11.4. The Balaban J connectivity index is 1.49. The van der Waals surface area contributed by atoms with Crippen molar-refractivity contribution in [3.05, 3.63) is 0 Å². The average Bonchev–Trinajstić information content (AvgIpc) is 2.87. The number of hydrogen-bond donors (Lipinski definition) is 1. The monoisotopic (exact) mass is 248 g/mol. The highest BCUT2D eigenvalue weighted by atomic mass is 15.2. The molecular formula is C14H24N4. The Bertz CT molecular complexity index is 347. The number of hydrogen-bond acceptors (Lipinski definition) is 4. The Hall–Kier alpha value is -0.740. The molecule has 100 valence electrons. The molecule has 0 radical (unpaired) electrons. The molecule has 2 fully saturated rings. The van der Waals surface area contributed by atoms with Crippen LogP contribution in [-0.4, -0.2) is 48.5 Å². The van der Waals surface area contributed by atoms with Gasteiger partial charge in [0.1, 0.15) is 0 Å². The number of likely N-dealkylation sites (tertiary alicyclic amines) is 1. The lowest BCUT2D eigenvalue weighted by Crippen LogP contribution is -2.47. The molecule has 0 unspecified atom stereocenters. The van der Waals surface area contributed by atoms with Gasteiger partial charge < -0.3 is 10.2 Å². The maximum absolute atomic E-state index is 4.35. The summed E-state index contributed by atoms with van der Waals surface area (Å²) < 4.78 is 0. The summed E-state index contributed by atoms with van der Waals surface area (Å²) in [5.41, 5.74) is 2.53. The first-order chi connectivity index (χ1) is 8.83. The third-order valence-electron chi connectivity index (χ3n) is 4.61. The van der Waals surface area contributed by atoms with Crippen LogP contribution in [0, 0.1) is 5.92 Å². The van der Waals surface area contributed by atoms with Crippen molar-refractivity contribution in [3.63, 3.8) is 0 Å². The number of nitrogens with zero attached hydrogens (tertiary/aromatic N) is 3. The Morgan fingerprint density at radius 3 is 2.39 bits per heavy atom. The van der Waals surface area contributed by atoms with Crippen molar-refractivity contribution in [2.75, 3.05) is 26.2 Å².